The molecule has 0 aliphatic heterocycles. The molecule has 3 amide bonds. The maximum atomic E-state index is 13.4. The van der Waals surface area contributed by atoms with Crippen LogP contribution in [0.3, 0.4) is 0 Å². The van der Waals surface area contributed by atoms with Gasteiger partial charge in [0.15, 0.2) is 0 Å². The number of thioether (sulfide) groups is 1. The first-order valence-corrected chi connectivity index (χ1v) is 14.9. The molecule has 0 bridgehead atoms. The van der Waals surface area contributed by atoms with Gasteiger partial charge in [0.1, 0.15) is 5.00 Å². The lowest BCUT2D eigenvalue weighted by atomic mass is 10.1. The monoisotopic (exact) mass is 601 g/mol. The van der Waals surface area contributed by atoms with Crippen molar-refractivity contribution in [2.45, 2.75) is 37.3 Å². The van der Waals surface area contributed by atoms with Gasteiger partial charge < -0.3 is 20.7 Å². The van der Waals surface area contributed by atoms with Gasteiger partial charge in [0.05, 0.1) is 22.8 Å². The molecule has 3 aromatic carbocycles. The quantitative estimate of drug-likeness (QED) is 0.131. The van der Waals surface area contributed by atoms with E-state index >= 15 is 0 Å². The van der Waals surface area contributed by atoms with E-state index in [9.17, 15) is 19.2 Å². The van der Waals surface area contributed by atoms with E-state index in [4.69, 9.17) is 4.74 Å². The molecule has 1 heterocycles. The van der Waals surface area contributed by atoms with Gasteiger partial charge in [0.25, 0.3) is 11.8 Å². The summed E-state index contributed by atoms with van der Waals surface area (Å²) in [6.45, 7) is 5.50. The number of carbonyl (C=O) groups excluding carboxylic acids is 4. The Balaban J connectivity index is 1.49. The van der Waals surface area contributed by atoms with E-state index in [1.165, 1.54) is 18.9 Å². The van der Waals surface area contributed by atoms with E-state index in [-0.39, 0.29) is 28.3 Å². The Labute approximate surface area is 252 Å². The maximum Gasteiger partial charge on any atom is 0.341 e. The number of benzene rings is 3. The Morgan fingerprint density at radius 1 is 0.833 bits per heavy atom. The number of carbonyl (C=O) groups is 4. The first-order valence-electron chi connectivity index (χ1n) is 13.2. The zero-order valence-corrected chi connectivity index (χ0v) is 25.3. The summed E-state index contributed by atoms with van der Waals surface area (Å²) in [5, 5.41) is 8.32. The number of amides is 3. The van der Waals surface area contributed by atoms with Crippen molar-refractivity contribution in [2.75, 3.05) is 23.1 Å². The Morgan fingerprint density at radius 2 is 1.50 bits per heavy atom. The summed E-state index contributed by atoms with van der Waals surface area (Å²) >= 11 is 2.37. The summed E-state index contributed by atoms with van der Waals surface area (Å²) in [6.07, 6.45) is 0.496. The molecule has 0 aliphatic rings. The zero-order valence-electron chi connectivity index (χ0n) is 23.6. The van der Waals surface area contributed by atoms with Gasteiger partial charge in [-0.3, -0.25) is 14.4 Å². The van der Waals surface area contributed by atoms with Gasteiger partial charge in [0, 0.05) is 21.8 Å². The number of nitrogens with one attached hydrogen (secondary N) is 3. The number of aryl methyl sites for hydroxylation is 1. The van der Waals surface area contributed by atoms with E-state index in [2.05, 4.69) is 16.0 Å². The van der Waals surface area contributed by atoms with Crippen LogP contribution in [-0.2, 0) is 9.53 Å². The summed E-state index contributed by atoms with van der Waals surface area (Å²) in [6, 6.07) is 23.6. The highest BCUT2D eigenvalue weighted by Crippen LogP contribution is 2.36. The molecule has 216 valence electrons. The van der Waals surface area contributed by atoms with Crippen molar-refractivity contribution in [3.05, 3.63) is 106 Å². The smallest absolute Gasteiger partial charge is 0.341 e. The minimum absolute atomic E-state index is 0.148. The largest absolute Gasteiger partial charge is 0.465 e. The average Bonchev–Trinajstić information content (AvgIpc) is 3.31. The van der Waals surface area contributed by atoms with Gasteiger partial charge >= 0.3 is 5.97 Å². The number of thiophene rings is 1. The van der Waals surface area contributed by atoms with Crippen LogP contribution in [0.2, 0.25) is 0 Å². The highest BCUT2D eigenvalue weighted by atomic mass is 32.2. The van der Waals surface area contributed by atoms with Crippen LogP contribution in [0.4, 0.5) is 16.4 Å². The van der Waals surface area contributed by atoms with Crippen molar-refractivity contribution in [1.82, 2.24) is 0 Å². The molecule has 0 saturated carbocycles. The maximum absolute atomic E-state index is 13.4. The standard InChI is InChI=1S/C32H31N3O5S2/c1-5-25(41-24-13-9-12-23(18-24)34-28(36)21-16-14-19(2)15-17-21)29(37)35-31-26(32(39)40-4)20(3)27(42-31)30(38)33-22-10-7-6-8-11-22/h6-18,25H,5H2,1-4H3,(H,33,38)(H,34,36)(H,35,37). The Kier molecular flexibility index (Phi) is 10.2. The highest BCUT2D eigenvalue weighted by molar-refractivity contribution is 8.00. The van der Waals surface area contributed by atoms with Crippen LogP contribution in [0.15, 0.2) is 83.8 Å². The number of anilines is 3. The Hall–Kier alpha value is -4.41. The van der Waals surface area contributed by atoms with E-state index in [0.717, 1.165) is 21.8 Å². The topological polar surface area (TPSA) is 114 Å². The second-order valence-electron chi connectivity index (χ2n) is 9.42. The fraction of sp³-hybridized carbons (Fsp3) is 0.188. The lowest BCUT2D eigenvalue weighted by Gasteiger charge is -2.15. The van der Waals surface area contributed by atoms with Crippen LogP contribution in [0.1, 0.15) is 54.9 Å². The fourth-order valence-corrected chi connectivity index (χ4v) is 6.22. The Bertz CT molecular complexity index is 1600. The third-order valence-corrected chi connectivity index (χ3v) is 8.92. The molecular weight excluding hydrogens is 571 g/mol. The predicted octanol–water partition coefficient (Wildman–Crippen LogP) is 7.17. The van der Waals surface area contributed by atoms with E-state index in [1.54, 1.807) is 49.4 Å². The highest BCUT2D eigenvalue weighted by Gasteiger charge is 2.28. The zero-order chi connectivity index (χ0) is 30.2. The molecule has 3 N–H and O–H groups in total. The van der Waals surface area contributed by atoms with E-state index in [0.29, 0.717) is 33.8 Å². The normalized spacial score (nSPS) is 11.3. The number of para-hydroxylation sites is 1. The molecule has 1 unspecified atom stereocenters. The van der Waals surface area contributed by atoms with Crippen LogP contribution in [0.25, 0.3) is 0 Å². The van der Waals surface area contributed by atoms with Crippen LogP contribution in [0, 0.1) is 13.8 Å². The van der Waals surface area contributed by atoms with Crippen molar-refractivity contribution in [1.29, 1.82) is 0 Å². The van der Waals surface area contributed by atoms with Gasteiger partial charge in [-0.05, 0) is 68.3 Å². The second kappa shape index (κ2) is 14.0. The molecule has 0 radical (unpaired) electrons. The number of hydrogen-bond donors (Lipinski definition) is 3. The molecule has 0 spiro atoms. The molecule has 4 rings (SSSR count). The van der Waals surface area contributed by atoms with Gasteiger partial charge in [-0.1, -0.05) is 48.9 Å². The van der Waals surface area contributed by atoms with Crippen LogP contribution in [0.5, 0.6) is 0 Å². The first-order chi connectivity index (χ1) is 20.2. The molecular formula is C32H31N3O5S2. The van der Waals surface area contributed by atoms with Gasteiger partial charge in [-0.25, -0.2) is 4.79 Å². The number of rotatable bonds is 10. The van der Waals surface area contributed by atoms with Crippen molar-refractivity contribution in [3.63, 3.8) is 0 Å². The van der Waals surface area contributed by atoms with E-state index in [1.807, 2.05) is 50.2 Å². The summed E-state index contributed by atoms with van der Waals surface area (Å²) < 4.78 is 4.96. The average molecular weight is 602 g/mol. The van der Waals surface area contributed by atoms with Crippen LogP contribution >= 0.6 is 23.1 Å². The van der Waals surface area contributed by atoms with Crippen molar-refractivity contribution in [2.24, 2.45) is 0 Å². The van der Waals surface area contributed by atoms with E-state index < -0.39 is 11.2 Å². The van der Waals surface area contributed by atoms with Crippen LogP contribution in [-0.4, -0.2) is 36.1 Å². The summed E-state index contributed by atoms with van der Waals surface area (Å²) in [5.74, 6) is -1.58. The number of esters is 1. The number of methoxy groups -OCH3 is 1. The molecule has 42 heavy (non-hydrogen) atoms. The summed E-state index contributed by atoms with van der Waals surface area (Å²) in [4.78, 5) is 52.9. The summed E-state index contributed by atoms with van der Waals surface area (Å²) in [7, 11) is 1.25. The molecule has 8 nitrogen and oxygen atoms in total. The van der Waals surface area contributed by atoms with Gasteiger partial charge in [-0.2, -0.15) is 0 Å². The SMILES string of the molecule is CCC(Sc1cccc(NC(=O)c2ccc(C)cc2)c1)C(=O)Nc1sc(C(=O)Nc2ccccc2)c(C)c1C(=O)OC. The predicted molar refractivity (Wildman–Crippen MR) is 169 cm³/mol. The van der Waals surface area contributed by atoms with Crippen LogP contribution < -0.4 is 16.0 Å². The molecule has 4 aromatic rings. The Morgan fingerprint density at radius 3 is 2.17 bits per heavy atom. The lowest BCUT2D eigenvalue weighted by molar-refractivity contribution is -0.115. The van der Waals surface area contributed by atoms with Gasteiger partial charge in [0.2, 0.25) is 5.91 Å². The fourth-order valence-electron chi connectivity index (χ4n) is 4.11. The molecule has 0 saturated heterocycles. The number of hydrogen-bond acceptors (Lipinski definition) is 7. The molecule has 1 aromatic heterocycles. The molecule has 0 fully saturated rings. The lowest BCUT2D eigenvalue weighted by Crippen LogP contribution is -2.25. The van der Waals surface area contributed by atoms with Crippen molar-refractivity contribution >= 4 is 63.2 Å². The minimum atomic E-state index is -0.643. The number of ether oxygens (including phenoxy) is 1. The van der Waals surface area contributed by atoms with Gasteiger partial charge in [-0.15, -0.1) is 23.1 Å². The van der Waals surface area contributed by atoms with Crippen molar-refractivity contribution in [3.8, 4) is 0 Å². The van der Waals surface area contributed by atoms with Crippen molar-refractivity contribution < 1.29 is 23.9 Å². The molecule has 0 aliphatic carbocycles. The minimum Gasteiger partial charge on any atom is -0.465 e. The summed E-state index contributed by atoms with van der Waals surface area (Å²) in [5.41, 5.74) is 3.41. The second-order valence-corrected chi connectivity index (χ2v) is 11.7. The first kappa shape index (κ1) is 30.5. The molecule has 1 atom stereocenters. The third kappa shape index (κ3) is 7.45. The molecule has 10 heteroatoms. The third-order valence-electron chi connectivity index (χ3n) is 6.36.